The quantitative estimate of drug-likeness (QED) is 0.799. The van der Waals surface area contributed by atoms with Crippen LogP contribution in [-0.4, -0.2) is 18.1 Å². The number of aryl methyl sites for hydroxylation is 1. The van der Waals surface area contributed by atoms with Crippen molar-refractivity contribution in [3.8, 4) is 5.75 Å². The van der Waals surface area contributed by atoms with Crippen molar-refractivity contribution < 1.29 is 4.74 Å². The molecule has 0 saturated heterocycles. The smallest absolute Gasteiger partial charge is 0.126 e. The average molecular weight is 228 g/mol. The van der Waals surface area contributed by atoms with Crippen LogP contribution < -0.4 is 10.1 Å². The molecule has 2 aromatic rings. The van der Waals surface area contributed by atoms with Crippen LogP contribution in [0, 0.1) is 6.92 Å². The Morgan fingerprint density at radius 1 is 1.18 bits per heavy atom. The van der Waals surface area contributed by atoms with Gasteiger partial charge in [-0.15, -0.1) is 0 Å². The highest BCUT2D eigenvalue weighted by atomic mass is 16.5. The lowest BCUT2D eigenvalue weighted by Gasteiger charge is -2.08. The SMILES string of the molecule is Cc1ccnc(NCCOc2ccccc2)c1. The number of nitrogens with one attached hydrogen (secondary N) is 1. The van der Waals surface area contributed by atoms with Gasteiger partial charge >= 0.3 is 0 Å². The maximum atomic E-state index is 5.57. The highest BCUT2D eigenvalue weighted by Gasteiger charge is 1.94. The molecule has 0 unspecified atom stereocenters. The highest BCUT2D eigenvalue weighted by Crippen LogP contribution is 2.08. The van der Waals surface area contributed by atoms with Crippen LogP contribution in [0.25, 0.3) is 0 Å². The van der Waals surface area contributed by atoms with Crippen molar-refractivity contribution in [2.45, 2.75) is 6.92 Å². The number of nitrogens with zero attached hydrogens (tertiary/aromatic N) is 1. The van der Waals surface area contributed by atoms with Gasteiger partial charge in [0.25, 0.3) is 0 Å². The zero-order valence-corrected chi connectivity index (χ0v) is 9.89. The molecule has 3 nitrogen and oxygen atoms in total. The molecule has 0 aliphatic heterocycles. The molecule has 3 heteroatoms. The van der Waals surface area contributed by atoms with Gasteiger partial charge in [0.05, 0.1) is 6.54 Å². The first kappa shape index (κ1) is 11.5. The van der Waals surface area contributed by atoms with E-state index in [1.807, 2.05) is 49.4 Å². The zero-order chi connectivity index (χ0) is 11.9. The van der Waals surface area contributed by atoms with Gasteiger partial charge in [-0.25, -0.2) is 4.98 Å². The summed E-state index contributed by atoms with van der Waals surface area (Å²) < 4.78 is 5.57. The summed E-state index contributed by atoms with van der Waals surface area (Å²) in [7, 11) is 0. The minimum Gasteiger partial charge on any atom is -0.492 e. The molecule has 0 saturated carbocycles. The van der Waals surface area contributed by atoms with Crippen molar-refractivity contribution in [1.82, 2.24) is 4.98 Å². The van der Waals surface area contributed by atoms with Gasteiger partial charge < -0.3 is 10.1 Å². The van der Waals surface area contributed by atoms with E-state index in [-0.39, 0.29) is 0 Å². The van der Waals surface area contributed by atoms with E-state index < -0.39 is 0 Å². The minimum atomic E-state index is 0.625. The topological polar surface area (TPSA) is 34.2 Å². The number of hydrogen-bond donors (Lipinski definition) is 1. The van der Waals surface area contributed by atoms with Gasteiger partial charge in [-0.2, -0.15) is 0 Å². The second kappa shape index (κ2) is 5.89. The molecule has 0 spiro atoms. The maximum absolute atomic E-state index is 5.57. The second-order valence-corrected chi connectivity index (χ2v) is 3.81. The number of benzene rings is 1. The Hall–Kier alpha value is -2.03. The van der Waals surface area contributed by atoms with Gasteiger partial charge in [-0.1, -0.05) is 18.2 Å². The summed E-state index contributed by atoms with van der Waals surface area (Å²) >= 11 is 0. The van der Waals surface area contributed by atoms with E-state index in [2.05, 4.69) is 10.3 Å². The van der Waals surface area contributed by atoms with Gasteiger partial charge in [0.15, 0.2) is 0 Å². The summed E-state index contributed by atoms with van der Waals surface area (Å²) in [5.74, 6) is 1.79. The van der Waals surface area contributed by atoms with Crippen LogP contribution >= 0.6 is 0 Å². The molecule has 0 amide bonds. The standard InChI is InChI=1S/C14H16N2O/c1-12-7-8-15-14(11-12)16-9-10-17-13-5-3-2-4-6-13/h2-8,11H,9-10H2,1H3,(H,15,16). The Morgan fingerprint density at radius 3 is 2.76 bits per heavy atom. The predicted octanol–water partition coefficient (Wildman–Crippen LogP) is 2.88. The average Bonchev–Trinajstić information content (AvgIpc) is 2.36. The summed E-state index contributed by atoms with van der Waals surface area (Å²) in [5, 5.41) is 3.22. The number of anilines is 1. The lowest BCUT2D eigenvalue weighted by atomic mass is 10.3. The molecule has 0 atom stereocenters. The fourth-order valence-electron chi connectivity index (χ4n) is 1.50. The first-order chi connectivity index (χ1) is 8.34. The fraction of sp³-hybridized carbons (Fsp3) is 0.214. The van der Waals surface area contributed by atoms with Crippen LogP contribution in [0.2, 0.25) is 0 Å². The van der Waals surface area contributed by atoms with E-state index in [1.54, 1.807) is 6.20 Å². The van der Waals surface area contributed by atoms with Crippen LogP contribution in [0.5, 0.6) is 5.75 Å². The molecule has 0 radical (unpaired) electrons. The molecule has 1 N–H and O–H groups in total. The molecule has 17 heavy (non-hydrogen) atoms. The van der Waals surface area contributed by atoms with Crippen molar-refractivity contribution in [3.05, 3.63) is 54.2 Å². The third-order valence-electron chi connectivity index (χ3n) is 2.34. The second-order valence-electron chi connectivity index (χ2n) is 3.81. The van der Waals surface area contributed by atoms with Crippen LogP contribution in [0.3, 0.4) is 0 Å². The first-order valence-corrected chi connectivity index (χ1v) is 5.69. The van der Waals surface area contributed by atoms with Crippen molar-refractivity contribution in [2.24, 2.45) is 0 Å². The van der Waals surface area contributed by atoms with Crippen LogP contribution in [0.15, 0.2) is 48.7 Å². The van der Waals surface area contributed by atoms with Crippen LogP contribution in [0.1, 0.15) is 5.56 Å². The third kappa shape index (κ3) is 3.79. The number of hydrogen-bond acceptors (Lipinski definition) is 3. The summed E-state index contributed by atoms with van der Waals surface area (Å²) in [4.78, 5) is 4.22. The van der Waals surface area contributed by atoms with Crippen molar-refractivity contribution >= 4 is 5.82 Å². The predicted molar refractivity (Wildman–Crippen MR) is 69.4 cm³/mol. The number of ether oxygens (including phenoxy) is 1. The third-order valence-corrected chi connectivity index (χ3v) is 2.34. The summed E-state index contributed by atoms with van der Waals surface area (Å²) in [6, 6.07) is 13.8. The number of para-hydroxylation sites is 1. The Balaban J connectivity index is 1.73. The van der Waals surface area contributed by atoms with Gasteiger partial charge in [0.1, 0.15) is 18.2 Å². The maximum Gasteiger partial charge on any atom is 0.126 e. The van der Waals surface area contributed by atoms with Gasteiger partial charge in [-0.05, 0) is 36.8 Å². The van der Waals surface area contributed by atoms with E-state index in [0.29, 0.717) is 6.61 Å². The first-order valence-electron chi connectivity index (χ1n) is 5.69. The Morgan fingerprint density at radius 2 is 2.00 bits per heavy atom. The van der Waals surface area contributed by atoms with E-state index in [0.717, 1.165) is 18.1 Å². The summed E-state index contributed by atoms with van der Waals surface area (Å²) in [5.41, 5.74) is 1.20. The lowest BCUT2D eigenvalue weighted by Crippen LogP contribution is -2.12. The van der Waals surface area contributed by atoms with Crippen molar-refractivity contribution in [2.75, 3.05) is 18.5 Å². The Labute approximate surface area is 101 Å². The molecule has 0 bridgehead atoms. The molecule has 88 valence electrons. The summed E-state index contributed by atoms with van der Waals surface area (Å²) in [6.07, 6.45) is 1.80. The molecule has 0 aliphatic carbocycles. The zero-order valence-electron chi connectivity index (χ0n) is 9.89. The normalized spacial score (nSPS) is 9.94. The monoisotopic (exact) mass is 228 g/mol. The van der Waals surface area contributed by atoms with Crippen molar-refractivity contribution in [1.29, 1.82) is 0 Å². The lowest BCUT2D eigenvalue weighted by molar-refractivity contribution is 0.333. The molecule has 0 aliphatic rings. The molecular weight excluding hydrogens is 212 g/mol. The highest BCUT2D eigenvalue weighted by molar-refractivity contribution is 5.36. The van der Waals surface area contributed by atoms with Gasteiger partial charge in [0, 0.05) is 6.20 Å². The van der Waals surface area contributed by atoms with E-state index in [9.17, 15) is 0 Å². The number of aromatic nitrogens is 1. The summed E-state index contributed by atoms with van der Waals surface area (Å²) in [6.45, 7) is 3.41. The number of rotatable bonds is 5. The van der Waals surface area contributed by atoms with Crippen LogP contribution in [-0.2, 0) is 0 Å². The van der Waals surface area contributed by atoms with Crippen LogP contribution in [0.4, 0.5) is 5.82 Å². The van der Waals surface area contributed by atoms with Gasteiger partial charge in [-0.3, -0.25) is 0 Å². The largest absolute Gasteiger partial charge is 0.492 e. The molecule has 0 fully saturated rings. The van der Waals surface area contributed by atoms with E-state index in [4.69, 9.17) is 4.74 Å². The Bertz CT molecular complexity index is 457. The molecule has 2 rings (SSSR count). The molecule has 1 heterocycles. The van der Waals surface area contributed by atoms with Crippen molar-refractivity contribution in [3.63, 3.8) is 0 Å². The van der Waals surface area contributed by atoms with Gasteiger partial charge in [0.2, 0.25) is 0 Å². The molecular formula is C14H16N2O. The molecule has 1 aromatic heterocycles. The molecule has 1 aromatic carbocycles. The van der Waals surface area contributed by atoms with E-state index >= 15 is 0 Å². The van der Waals surface area contributed by atoms with E-state index in [1.165, 1.54) is 5.56 Å². The minimum absolute atomic E-state index is 0.625. The fourth-order valence-corrected chi connectivity index (χ4v) is 1.50. The Kier molecular flexibility index (Phi) is 3.97. The number of pyridine rings is 1.